The molecule has 25 heavy (non-hydrogen) atoms. The predicted octanol–water partition coefficient (Wildman–Crippen LogP) is 2.57. The average Bonchev–Trinajstić information content (AvgIpc) is 2.62. The fourth-order valence-corrected chi connectivity index (χ4v) is 2.97. The topological polar surface area (TPSA) is 50.8 Å². The van der Waals surface area contributed by atoms with Crippen molar-refractivity contribution in [3.05, 3.63) is 35.9 Å². The smallest absolute Gasteiger partial charge is 0.244 e. The van der Waals surface area contributed by atoms with Crippen LogP contribution < -0.4 is 10.1 Å². The lowest BCUT2D eigenvalue weighted by molar-refractivity contribution is -0.116. The van der Waals surface area contributed by atoms with Gasteiger partial charge >= 0.3 is 0 Å². The summed E-state index contributed by atoms with van der Waals surface area (Å²) in [5, 5.41) is 3.03. The van der Waals surface area contributed by atoms with Gasteiger partial charge in [0.2, 0.25) is 5.91 Å². The second-order valence-electron chi connectivity index (χ2n) is 6.54. The summed E-state index contributed by atoms with van der Waals surface area (Å²) in [7, 11) is 0. The zero-order valence-electron chi connectivity index (χ0n) is 15.5. The van der Waals surface area contributed by atoms with E-state index in [-0.39, 0.29) is 5.91 Å². The molecule has 1 fully saturated rings. The van der Waals surface area contributed by atoms with Crippen LogP contribution in [0, 0.1) is 5.92 Å². The zero-order valence-corrected chi connectivity index (χ0v) is 15.5. The first-order valence-electron chi connectivity index (χ1n) is 9.10. The molecule has 1 amide bonds. The van der Waals surface area contributed by atoms with Crippen molar-refractivity contribution in [2.45, 2.75) is 26.8 Å². The third kappa shape index (κ3) is 6.52. The van der Waals surface area contributed by atoms with Gasteiger partial charge in [0, 0.05) is 31.8 Å². The zero-order chi connectivity index (χ0) is 18.1. The molecule has 0 spiro atoms. The third-order valence-corrected chi connectivity index (χ3v) is 4.39. The summed E-state index contributed by atoms with van der Waals surface area (Å²) in [6, 6.07) is 8.05. The van der Waals surface area contributed by atoms with E-state index in [1.54, 1.807) is 6.08 Å². The van der Waals surface area contributed by atoms with E-state index in [1.807, 2.05) is 37.3 Å². The average molecular weight is 346 g/mol. The number of ether oxygens (including phenoxy) is 2. The van der Waals surface area contributed by atoms with Gasteiger partial charge in [0.15, 0.2) is 0 Å². The molecular formula is C20H30N2O3. The van der Waals surface area contributed by atoms with Crippen molar-refractivity contribution < 1.29 is 14.3 Å². The van der Waals surface area contributed by atoms with Gasteiger partial charge in [-0.1, -0.05) is 26.0 Å². The normalized spacial score (nSPS) is 17.0. The highest BCUT2D eigenvalue weighted by molar-refractivity contribution is 5.91. The second-order valence-corrected chi connectivity index (χ2v) is 6.54. The molecule has 0 radical (unpaired) electrons. The summed E-state index contributed by atoms with van der Waals surface area (Å²) in [4.78, 5) is 14.5. The number of hydrogen-bond acceptors (Lipinski definition) is 4. The molecule has 0 aromatic heterocycles. The highest BCUT2D eigenvalue weighted by atomic mass is 16.5. The SMILES string of the molecule is CCOc1ccc(/C=C/C(=O)NCC(C(C)C)N2CCOCC2)cc1. The Labute approximate surface area is 151 Å². The fraction of sp³-hybridized carbons (Fsp3) is 0.550. The van der Waals surface area contributed by atoms with E-state index in [9.17, 15) is 4.79 Å². The quantitative estimate of drug-likeness (QED) is 0.735. The molecule has 1 aliphatic rings. The summed E-state index contributed by atoms with van der Waals surface area (Å²) in [6.45, 7) is 11.1. The van der Waals surface area contributed by atoms with E-state index in [0.29, 0.717) is 25.1 Å². The lowest BCUT2D eigenvalue weighted by atomic mass is 10.0. The van der Waals surface area contributed by atoms with E-state index in [2.05, 4.69) is 24.1 Å². The second kappa shape index (κ2) is 10.2. The number of rotatable bonds is 8. The Morgan fingerprint density at radius 1 is 1.28 bits per heavy atom. The van der Waals surface area contributed by atoms with Crippen molar-refractivity contribution in [1.82, 2.24) is 10.2 Å². The maximum absolute atomic E-state index is 12.1. The van der Waals surface area contributed by atoms with Crippen LogP contribution in [0.4, 0.5) is 0 Å². The molecule has 5 heteroatoms. The molecule has 1 aromatic rings. The summed E-state index contributed by atoms with van der Waals surface area (Å²) in [6.07, 6.45) is 3.41. The first-order chi connectivity index (χ1) is 12.1. The van der Waals surface area contributed by atoms with Crippen LogP contribution in [-0.2, 0) is 9.53 Å². The molecule has 1 unspecified atom stereocenters. The van der Waals surface area contributed by atoms with Gasteiger partial charge < -0.3 is 14.8 Å². The third-order valence-electron chi connectivity index (χ3n) is 4.39. The number of hydrogen-bond donors (Lipinski definition) is 1. The van der Waals surface area contributed by atoms with Crippen LogP contribution in [-0.4, -0.2) is 56.3 Å². The summed E-state index contributed by atoms with van der Waals surface area (Å²) >= 11 is 0. The standard InChI is InChI=1S/C20H30N2O3/c1-4-25-18-8-5-17(6-9-18)7-10-20(23)21-15-19(16(2)3)22-11-13-24-14-12-22/h5-10,16,19H,4,11-15H2,1-3H3,(H,21,23)/b10-7+. The number of nitrogens with one attached hydrogen (secondary N) is 1. The molecule has 1 N–H and O–H groups in total. The van der Waals surface area contributed by atoms with Crippen LogP contribution in [0.25, 0.3) is 6.08 Å². The van der Waals surface area contributed by atoms with Crippen LogP contribution in [0.15, 0.2) is 30.3 Å². The van der Waals surface area contributed by atoms with Gasteiger partial charge in [0.05, 0.1) is 19.8 Å². The largest absolute Gasteiger partial charge is 0.494 e. The Morgan fingerprint density at radius 2 is 1.96 bits per heavy atom. The van der Waals surface area contributed by atoms with E-state index in [1.165, 1.54) is 0 Å². The Kier molecular flexibility index (Phi) is 7.95. The number of morpholine rings is 1. The van der Waals surface area contributed by atoms with Crippen molar-refractivity contribution in [3.63, 3.8) is 0 Å². The molecule has 2 rings (SSSR count). The van der Waals surface area contributed by atoms with Crippen LogP contribution in [0.2, 0.25) is 0 Å². The molecule has 1 aliphatic heterocycles. The van der Waals surface area contributed by atoms with Gasteiger partial charge in [0.1, 0.15) is 5.75 Å². The molecule has 0 saturated carbocycles. The minimum Gasteiger partial charge on any atom is -0.494 e. The molecule has 0 aliphatic carbocycles. The van der Waals surface area contributed by atoms with Crippen LogP contribution in [0.5, 0.6) is 5.75 Å². The summed E-state index contributed by atoms with van der Waals surface area (Å²) < 4.78 is 10.8. The van der Waals surface area contributed by atoms with Crippen molar-refractivity contribution in [2.24, 2.45) is 5.92 Å². The van der Waals surface area contributed by atoms with Crippen molar-refractivity contribution in [3.8, 4) is 5.75 Å². The highest BCUT2D eigenvalue weighted by Crippen LogP contribution is 2.14. The summed E-state index contributed by atoms with van der Waals surface area (Å²) in [5.74, 6) is 1.26. The van der Waals surface area contributed by atoms with Gasteiger partial charge in [-0.25, -0.2) is 0 Å². The molecule has 5 nitrogen and oxygen atoms in total. The Hall–Kier alpha value is -1.85. The minimum absolute atomic E-state index is 0.0622. The number of carbonyl (C=O) groups is 1. The predicted molar refractivity (Wildman–Crippen MR) is 101 cm³/mol. The molecule has 1 saturated heterocycles. The molecule has 138 valence electrons. The lowest BCUT2D eigenvalue weighted by Crippen LogP contribution is -2.51. The van der Waals surface area contributed by atoms with Crippen LogP contribution in [0.1, 0.15) is 26.3 Å². The minimum atomic E-state index is -0.0622. The molecule has 0 bridgehead atoms. The molecular weight excluding hydrogens is 316 g/mol. The van der Waals surface area contributed by atoms with Gasteiger partial charge in [0.25, 0.3) is 0 Å². The number of nitrogens with zero attached hydrogens (tertiary/aromatic N) is 1. The van der Waals surface area contributed by atoms with Crippen molar-refractivity contribution in [1.29, 1.82) is 0 Å². The molecule has 1 atom stereocenters. The van der Waals surface area contributed by atoms with Crippen LogP contribution >= 0.6 is 0 Å². The lowest BCUT2D eigenvalue weighted by Gasteiger charge is -2.36. The molecule has 1 aromatic carbocycles. The van der Waals surface area contributed by atoms with Gasteiger partial charge in [-0.05, 0) is 36.6 Å². The van der Waals surface area contributed by atoms with E-state index < -0.39 is 0 Å². The van der Waals surface area contributed by atoms with E-state index in [4.69, 9.17) is 9.47 Å². The monoisotopic (exact) mass is 346 g/mol. The van der Waals surface area contributed by atoms with Crippen LogP contribution in [0.3, 0.4) is 0 Å². The maximum atomic E-state index is 12.1. The first-order valence-corrected chi connectivity index (χ1v) is 9.10. The summed E-state index contributed by atoms with van der Waals surface area (Å²) in [5.41, 5.74) is 0.979. The van der Waals surface area contributed by atoms with Crippen molar-refractivity contribution in [2.75, 3.05) is 39.5 Å². The van der Waals surface area contributed by atoms with E-state index in [0.717, 1.165) is 37.6 Å². The first kappa shape index (κ1) is 19.5. The number of benzene rings is 1. The highest BCUT2D eigenvalue weighted by Gasteiger charge is 2.23. The fourth-order valence-electron chi connectivity index (χ4n) is 2.97. The Bertz CT molecular complexity index is 549. The number of carbonyl (C=O) groups excluding carboxylic acids is 1. The van der Waals surface area contributed by atoms with Gasteiger partial charge in [-0.2, -0.15) is 0 Å². The maximum Gasteiger partial charge on any atom is 0.244 e. The van der Waals surface area contributed by atoms with Gasteiger partial charge in [-0.3, -0.25) is 9.69 Å². The van der Waals surface area contributed by atoms with Crippen molar-refractivity contribution >= 4 is 12.0 Å². The Morgan fingerprint density at radius 3 is 2.56 bits per heavy atom. The molecule has 1 heterocycles. The Balaban J connectivity index is 1.83. The number of amides is 1. The van der Waals surface area contributed by atoms with E-state index >= 15 is 0 Å². The van der Waals surface area contributed by atoms with Gasteiger partial charge in [-0.15, -0.1) is 0 Å².